The molecule has 18 heavy (non-hydrogen) atoms. The van der Waals surface area contributed by atoms with Gasteiger partial charge in [0.15, 0.2) is 0 Å². The normalized spacial score (nSPS) is 11.5. The molecule has 0 unspecified atom stereocenters. The van der Waals surface area contributed by atoms with Crippen LogP contribution in [0.4, 0.5) is 10.1 Å². The predicted molar refractivity (Wildman–Crippen MR) is 65.9 cm³/mol. The zero-order chi connectivity index (χ0) is 13.8. The highest BCUT2D eigenvalue weighted by molar-refractivity contribution is 7.92. The van der Waals surface area contributed by atoms with Crippen molar-refractivity contribution in [3.05, 3.63) is 35.7 Å². The second-order valence-corrected chi connectivity index (χ2v) is 5.22. The van der Waals surface area contributed by atoms with Crippen molar-refractivity contribution in [1.82, 2.24) is 0 Å². The lowest BCUT2D eigenvalue weighted by molar-refractivity contribution is -0.134. The van der Waals surface area contributed by atoms with Gasteiger partial charge in [-0.2, -0.15) is 0 Å². The first kappa shape index (κ1) is 14.2. The van der Waals surface area contributed by atoms with Gasteiger partial charge < -0.3 is 4.74 Å². The Morgan fingerprint density at radius 1 is 1.44 bits per heavy atom. The van der Waals surface area contributed by atoms with Gasteiger partial charge in [0.2, 0.25) is 10.0 Å². The molecule has 0 amide bonds. The van der Waals surface area contributed by atoms with Crippen LogP contribution in [0.25, 0.3) is 6.08 Å². The third-order valence-electron chi connectivity index (χ3n) is 1.90. The van der Waals surface area contributed by atoms with Gasteiger partial charge in [-0.1, -0.05) is 6.07 Å². The van der Waals surface area contributed by atoms with E-state index in [9.17, 15) is 17.6 Å². The fourth-order valence-electron chi connectivity index (χ4n) is 1.15. The van der Waals surface area contributed by atoms with Crippen LogP contribution in [0, 0.1) is 5.82 Å². The quantitative estimate of drug-likeness (QED) is 0.664. The van der Waals surface area contributed by atoms with Gasteiger partial charge in [0.05, 0.1) is 19.1 Å². The van der Waals surface area contributed by atoms with Crippen LogP contribution in [-0.2, 0) is 19.6 Å². The van der Waals surface area contributed by atoms with Crippen LogP contribution >= 0.6 is 0 Å². The molecular weight excluding hydrogens is 261 g/mol. The number of methoxy groups -OCH3 is 1. The molecule has 5 nitrogen and oxygen atoms in total. The second-order valence-electron chi connectivity index (χ2n) is 3.47. The fraction of sp³-hybridized carbons (Fsp3) is 0.182. The summed E-state index contributed by atoms with van der Waals surface area (Å²) in [7, 11) is -2.30. The van der Waals surface area contributed by atoms with E-state index in [0.717, 1.165) is 18.4 Å². The Kier molecular flexibility index (Phi) is 4.43. The maximum absolute atomic E-state index is 13.5. The molecule has 98 valence electrons. The van der Waals surface area contributed by atoms with Crippen molar-refractivity contribution in [3.63, 3.8) is 0 Å². The molecule has 0 bridgehead atoms. The summed E-state index contributed by atoms with van der Waals surface area (Å²) in [5.41, 5.74) is 0.268. The number of rotatable bonds is 4. The number of sulfonamides is 1. The third-order valence-corrected chi connectivity index (χ3v) is 2.49. The van der Waals surface area contributed by atoms with Crippen molar-refractivity contribution < 1.29 is 22.3 Å². The minimum absolute atomic E-state index is 0.146. The van der Waals surface area contributed by atoms with Crippen LogP contribution in [0.1, 0.15) is 5.56 Å². The van der Waals surface area contributed by atoms with Gasteiger partial charge in [-0.3, -0.25) is 4.72 Å². The van der Waals surface area contributed by atoms with Gasteiger partial charge in [0, 0.05) is 6.08 Å². The average molecular weight is 273 g/mol. The van der Waals surface area contributed by atoms with E-state index in [0.29, 0.717) is 5.56 Å². The Hall–Kier alpha value is -1.89. The number of nitrogens with one attached hydrogen (secondary N) is 1. The lowest BCUT2D eigenvalue weighted by Crippen LogP contribution is -2.10. The predicted octanol–water partition coefficient (Wildman–Crippen LogP) is 1.38. The molecule has 0 saturated carbocycles. The Morgan fingerprint density at radius 3 is 2.61 bits per heavy atom. The molecule has 0 heterocycles. The molecule has 0 atom stereocenters. The summed E-state index contributed by atoms with van der Waals surface area (Å²) in [5.74, 6) is -1.29. The van der Waals surface area contributed by atoms with Crippen LogP contribution in [0.5, 0.6) is 0 Å². The van der Waals surface area contributed by atoms with Crippen LogP contribution in [0.3, 0.4) is 0 Å². The van der Waals surface area contributed by atoms with Crippen molar-refractivity contribution in [2.45, 2.75) is 0 Å². The maximum Gasteiger partial charge on any atom is 0.330 e. The molecule has 7 heteroatoms. The Balaban J connectivity index is 2.93. The molecule has 1 rings (SSSR count). The summed E-state index contributed by atoms with van der Waals surface area (Å²) >= 11 is 0. The molecule has 0 aliphatic rings. The van der Waals surface area contributed by atoms with Crippen LogP contribution in [0.2, 0.25) is 0 Å². The van der Waals surface area contributed by atoms with Gasteiger partial charge in [-0.25, -0.2) is 17.6 Å². The highest BCUT2D eigenvalue weighted by atomic mass is 32.2. The van der Waals surface area contributed by atoms with E-state index in [-0.39, 0.29) is 5.69 Å². The van der Waals surface area contributed by atoms with Gasteiger partial charge in [-0.15, -0.1) is 0 Å². The summed E-state index contributed by atoms with van der Waals surface area (Å²) in [6.07, 6.45) is 3.43. The number of anilines is 1. The number of hydrogen-bond donors (Lipinski definition) is 1. The standard InChI is InChI=1S/C11H12FNO4S/c1-17-11(14)6-4-8-3-5-10(9(12)7-8)13-18(2,15)16/h3-7,13H,1-2H3/b6-4+. The number of benzene rings is 1. The number of carbonyl (C=O) groups excluding carboxylic acids is 1. The van der Waals surface area contributed by atoms with E-state index in [2.05, 4.69) is 4.74 Å². The largest absolute Gasteiger partial charge is 0.466 e. The average Bonchev–Trinajstić information content (AvgIpc) is 2.27. The molecule has 0 fully saturated rings. The van der Waals surface area contributed by atoms with Crippen molar-refractivity contribution in [2.24, 2.45) is 0 Å². The number of hydrogen-bond acceptors (Lipinski definition) is 4. The van der Waals surface area contributed by atoms with Gasteiger partial charge in [0.1, 0.15) is 5.82 Å². The minimum Gasteiger partial charge on any atom is -0.466 e. The van der Waals surface area contributed by atoms with E-state index >= 15 is 0 Å². The molecule has 0 aliphatic carbocycles. The minimum atomic E-state index is -3.52. The monoisotopic (exact) mass is 273 g/mol. The maximum atomic E-state index is 13.5. The van der Waals surface area contributed by atoms with E-state index in [1.807, 2.05) is 4.72 Å². The van der Waals surface area contributed by atoms with E-state index in [1.165, 1.54) is 25.3 Å². The molecule has 0 radical (unpaired) electrons. The van der Waals surface area contributed by atoms with Crippen LogP contribution in [-0.4, -0.2) is 27.8 Å². The third kappa shape index (κ3) is 4.54. The van der Waals surface area contributed by atoms with Crippen molar-refractivity contribution >= 4 is 27.8 Å². The first-order valence-electron chi connectivity index (χ1n) is 4.85. The zero-order valence-electron chi connectivity index (χ0n) is 9.81. The first-order valence-corrected chi connectivity index (χ1v) is 6.74. The molecular formula is C11H12FNO4S. The van der Waals surface area contributed by atoms with Gasteiger partial charge >= 0.3 is 5.97 Å². The van der Waals surface area contributed by atoms with E-state index < -0.39 is 21.8 Å². The second kappa shape index (κ2) is 5.63. The van der Waals surface area contributed by atoms with E-state index in [4.69, 9.17) is 0 Å². The number of esters is 1. The lowest BCUT2D eigenvalue weighted by Gasteiger charge is -2.05. The Bertz CT molecular complexity index is 581. The Labute approximate surface area is 104 Å². The van der Waals surface area contributed by atoms with Gasteiger partial charge in [-0.05, 0) is 23.8 Å². The summed E-state index contributed by atoms with van der Waals surface area (Å²) in [4.78, 5) is 10.8. The molecule has 0 aliphatic heterocycles. The highest BCUT2D eigenvalue weighted by Gasteiger charge is 2.07. The number of ether oxygens (including phenoxy) is 1. The number of carbonyl (C=O) groups is 1. The topological polar surface area (TPSA) is 72.5 Å². The summed E-state index contributed by atoms with van der Waals surface area (Å²) in [6.45, 7) is 0. The Morgan fingerprint density at radius 2 is 2.11 bits per heavy atom. The first-order chi connectivity index (χ1) is 8.31. The van der Waals surface area contributed by atoms with Crippen LogP contribution < -0.4 is 4.72 Å². The molecule has 0 saturated heterocycles. The van der Waals surface area contributed by atoms with Gasteiger partial charge in [0.25, 0.3) is 0 Å². The summed E-state index contributed by atoms with van der Waals surface area (Å²) < 4.78 is 41.8. The summed E-state index contributed by atoms with van der Waals surface area (Å²) in [5, 5.41) is 0. The van der Waals surface area contributed by atoms with Crippen LogP contribution in [0.15, 0.2) is 24.3 Å². The molecule has 1 aromatic carbocycles. The molecule has 0 spiro atoms. The molecule has 1 aromatic rings. The van der Waals surface area contributed by atoms with Crippen molar-refractivity contribution in [1.29, 1.82) is 0 Å². The van der Waals surface area contributed by atoms with Crippen molar-refractivity contribution in [3.8, 4) is 0 Å². The zero-order valence-corrected chi connectivity index (χ0v) is 10.6. The SMILES string of the molecule is COC(=O)/C=C/c1ccc(NS(C)(=O)=O)c(F)c1. The highest BCUT2D eigenvalue weighted by Crippen LogP contribution is 2.17. The number of halogens is 1. The lowest BCUT2D eigenvalue weighted by atomic mass is 10.2. The molecule has 0 aromatic heterocycles. The summed E-state index contributed by atoms with van der Waals surface area (Å²) in [6, 6.07) is 3.84. The van der Waals surface area contributed by atoms with Crippen molar-refractivity contribution in [2.75, 3.05) is 18.1 Å². The molecule has 1 N–H and O–H groups in total. The smallest absolute Gasteiger partial charge is 0.330 e. The van der Waals surface area contributed by atoms with E-state index in [1.54, 1.807) is 0 Å². The fourth-order valence-corrected chi connectivity index (χ4v) is 1.71.